The molecule has 1 aliphatic heterocycles. The van der Waals surface area contributed by atoms with Crippen LogP contribution in [0.4, 0.5) is 4.39 Å². The Kier molecular flexibility index (Phi) is 15.8. The van der Waals surface area contributed by atoms with Crippen LogP contribution >= 0.6 is 11.6 Å². The Morgan fingerprint density at radius 3 is 2.34 bits per heavy atom. The van der Waals surface area contributed by atoms with Gasteiger partial charge in [0.15, 0.2) is 0 Å². The van der Waals surface area contributed by atoms with Gasteiger partial charge in [0.05, 0.1) is 23.3 Å². The van der Waals surface area contributed by atoms with Crippen molar-refractivity contribution in [2.24, 2.45) is 0 Å². The van der Waals surface area contributed by atoms with Gasteiger partial charge in [0.1, 0.15) is 11.6 Å². The first kappa shape index (κ1) is 35.1. The fourth-order valence-electron chi connectivity index (χ4n) is 5.68. The van der Waals surface area contributed by atoms with Gasteiger partial charge in [0, 0.05) is 38.0 Å². The highest BCUT2D eigenvalue weighted by Crippen LogP contribution is 2.34. The zero-order chi connectivity index (χ0) is 30.4. The third-order valence-corrected chi connectivity index (χ3v) is 7.87. The lowest BCUT2D eigenvalue weighted by Gasteiger charge is -2.36. The molecular formula is C34H54ClFN2O3. The lowest BCUT2D eigenvalue weighted by Crippen LogP contribution is -2.48. The lowest BCUT2D eigenvalue weighted by atomic mass is 10.0. The van der Waals surface area contributed by atoms with Crippen LogP contribution < -0.4 is 4.74 Å². The number of ether oxygens (including phenoxy) is 2. The van der Waals surface area contributed by atoms with Crippen LogP contribution in [0, 0.1) is 5.82 Å². The number of unbranched alkanes of at least 4 members (excludes halogenated alkanes) is 1. The fourth-order valence-corrected chi connectivity index (χ4v) is 5.90. The van der Waals surface area contributed by atoms with Gasteiger partial charge in [-0.05, 0) is 82.6 Å². The average molecular weight is 593 g/mol. The van der Waals surface area contributed by atoms with E-state index in [4.69, 9.17) is 21.1 Å². The highest BCUT2D eigenvalue weighted by molar-refractivity contribution is 6.32. The highest BCUT2D eigenvalue weighted by atomic mass is 35.5. The first-order chi connectivity index (χ1) is 19.6. The van der Waals surface area contributed by atoms with E-state index in [1.165, 1.54) is 36.2 Å². The summed E-state index contributed by atoms with van der Waals surface area (Å²) in [5.74, 6) is 0.442. The Hall–Kier alpha value is -2.05. The minimum atomic E-state index is -0.333. The van der Waals surface area contributed by atoms with Crippen LogP contribution in [0.2, 0.25) is 5.02 Å². The predicted molar refractivity (Wildman–Crippen MR) is 169 cm³/mol. The summed E-state index contributed by atoms with van der Waals surface area (Å²) in [5.41, 5.74) is 3.62. The number of allylic oxidation sites excluding steroid dienone is 2. The number of benzene rings is 1. The van der Waals surface area contributed by atoms with E-state index in [1.807, 2.05) is 4.90 Å². The monoisotopic (exact) mass is 592 g/mol. The Morgan fingerprint density at radius 2 is 1.78 bits per heavy atom. The third kappa shape index (κ3) is 11.3. The number of carbonyl (C=O) groups excluding carboxylic acids is 1. The summed E-state index contributed by atoms with van der Waals surface area (Å²) in [6.07, 6.45) is 13.3. The van der Waals surface area contributed by atoms with Gasteiger partial charge in [-0.15, -0.1) is 0 Å². The number of hydrogen-bond acceptors (Lipinski definition) is 4. The van der Waals surface area contributed by atoms with Crippen LogP contribution in [0.5, 0.6) is 5.75 Å². The Balaban J connectivity index is 0.000000317. The van der Waals surface area contributed by atoms with Gasteiger partial charge in [-0.1, -0.05) is 64.6 Å². The molecule has 232 valence electrons. The molecule has 1 amide bonds. The minimum Gasteiger partial charge on any atom is -0.489 e. The lowest BCUT2D eigenvalue weighted by molar-refractivity contribution is -0.138. The second kappa shape index (κ2) is 18.5. The van der Waals surface area contributed by atoms with Crippen LogP contribution in [-0.4, -0.2) is 60.7 Å². The van der Waals surface area contributed by atoms with Crippen molar-refractivity contribution in [2.75, 3.05) is 26.7 Å². The number of rotatable bonds is 13. The van der Waals surface area contributed by atoms with Crippen LogP contribution in [0.25, 0.3) is 0 Å². The summed E-state index contributed by atoms with van der Waals surface area (Å²) >= 11 is 5.91. The number of morpholine rings is 1. The van der Waals surface area contributed by atoms with Crippen LogP contribution in [0.15, 0.2) is 41.1 Å². The summed E-state index contributed by atoms with van der Waals surface area (Å²) in [7, 11) is 2.18. The first-order valence-electron chi connectivity index (χ1n) is 15.8. The van der Waals surface area contributed by atoms with Gasteiger partial charge in [-0.3, -0.25) is 4.79 Å². The van der Waals surface area contributed by atoms with Gasteiger partial charge in [0.2, 0.25) is 0 Å². The molecule has 1 aliphatic carbocycles. The van der Waals surface area contributed by atoms with Crippen LogP contribution in [0.3, 0.4) is 0 Å². The van der Waals surface area contributed by atoms with Crippen molar-refractivity contribution in [3.05, 3.63) is 52.0 Å². The molecule has 0 saturated carbocycles. The summed E-state index contributed by atoms with van der Waals surface area (Å²) in [6.45, 7) is 15.2. The van der Waals surface area contributed by atoms with Crippen molar-refractivity contribution < 1.29 is 18.7 Å². The largest absolute Gasteiger partial charge is 0.489 e. The van der Waals surface area contributed by atoms with Crippen LogP contribution in [-0.2, 0) is 9.53 Å². The van der Waals surface area contributed by atoms with E-state index in [-0.39, 0.29) is 30.0 Å². The zero-order valence-electron chi connectivity index (χ0n) is 26.6. The molecule has 7 heteroatoms. The molecule has 1 heterocycles. The molecule has 0 N–H and O–H groups in total. The molecule has 2 atom stereocenters. The quantitative estimate of drug-likeness (QED) is 0.214. The minimum absolute atomic E-state index is 0.111. The number of amides is 1. The van der Waals surface area contributed by atoms with Crippen molar-refractivity contribution >= 4 is 17.5 Å². The first-order valence-corrected chi connectivity index (χ1v) is 16.2. The van der Waals surface area contributed by atoms with Crippen molar-refractivity contribution in [3.63, 3.8) is 0 Å². The number of hydrogen-bond donors (Lipinski definition) is 0. The third-order valence-electron chi connectivity index (χ3n) is 7.58. The van der Waals surface area contributed by atoms with Gasteiger partial charge in [-0.25, -0.2) is 4.39 Å². The van der Waals surface area contributed by atoms with E-state index >= 15 is 0 Å². The van der Waals surface area contributed by atoms with Gasteiger partial charge < -0.3 is 19.3 Å². The number of carbonyl (C=O) groups is 1. The Morgan fingerprint density at radius 1 is 1.12 bits per heavy atom. The van der Waals surface area contributed by atoms with Crippen molar-refractivity contribution in [2.45, 2.75) is 124 Å². The molecule has 1 aromatic carbocycles. The molecular weight excluding hydrogens is 539 g/mol. The van der Waals surface area contributed by atoms with Gasteiger partial charge >= 0.3 is 0 Å². The molecule has 0 aromatic heterocycles. The fraction of sp³-hybridized carbons (Fsp3) is 0.676. The van der Waals surface area contributed by atoms with Gasteiger partial charge in [0.25, 0.3) is 5.91 Å². The van der Waals surface area contributed by atoms with Crippen LogP contribution in [0.1, 0.15) is 106 Å². The van der Waals surface area contributed by atoms with E-state index in [2.05, 4.69) is 59.6 Å². The number of nitrogens with zero attached hydrogens (tertiary/aromatic N) is 2. The van der Waals surface area contributed by atoms with Gasteiger partial charge in [-0.2, -0.15) is 0 Å². The maximum absolute atomic E-state index is 13.3. The zero-order valence-corrected chi connectivity index (χ0v) is 27.4. The van der Waals surface area contributed by atoms with E-state index in [0.717, 1.165) is 63.5 Å². The maximum Gasteiger partial charge on any atom is 0.254 e. The summed E-state index contributed by atoms with van der Waals surface area (Å²) in [5, 5.41) is 0.345. The molecule has 0 bridgehead atoms. The number of halogens is 2. The molecule has 41 heavy (non-hydrogen) atoms. The molecule has 1 aromatic rings. The van der Waals surface area contributed by atoms with Crippen molar-refractivity contribution in [1.82, 2.24) is 9.80 Å². The van der Waals surface area contributed by atoms with E-state index in [9.17, 15) is 9.18 Å². The topological polar surface area (TPSA) is 42.0 Å². The maximum atomic E-state index is 13.3. The summed E-state index contributed by atoms with van der Waals surface area (Å²) in [4.78, 5) is 17.7. The van der Waals surface area contributed by atoms with Crippen molar-refractivity contribution in [3.8, 4) is 5.75 Å². The second-order valence-corrected chi connectivity index (χ2v) is 11.8. The molecule has 2 unspecified atom stereocenters. The van der Waals surface area contributed by atoms with E-state index < -0.39 is 0 Å². The highest BCUT2D eigenvalue weighted by Gasteiger charge is 2.31. The normalized spacial score (nSPS) is 19.4. The smallest absolute Gasteiger partial charge is 0.254 e. The Bertz CT molecular complexity index is 996. The second-order valence-electron chi connectivity index (χ2n) is 11.4. The SMILES string of the molecule is CC/C=C(\C(=O)N1CC(C)OC(C)C1)C1=C(N(C)CCCC)CCC1.CCCC(CCC)Oc1ccc(F)cc1Cl. The van der Waals surface area contributed by atoms with E-state index in [1.54, 1.807) is 6.07 Å². The Labute approximate surface area is 254 Å². The molecule has 3 rings (SSSR count). The van der Waals surface area contributed by atoms with E-state index in [0.29, 0.717) is 23.9 Å². The molecule has 0 radical (unpaired) electrons. The average Bonchev–Trinajstić information content (AvgIpc) is 3.41. The molecule has 0 spiro atoms. The summed E-state index contributed by atoms with van der Waals surface area (Å²) in [6, 6.07) is 4.25. The molecule has 1 fully saturated rings. The predicted octanol–water partition coefficient (Wildman–Crippen LogP) is 8.96. The summed E-state index contributed by atoms with van der Waals surface area (Å²) < 4.78 is 24.4. The molecule has 2 aliphatic rings. The molecule has 1 saturated heterocycles. The standard InChI is InChI=1S/C21H36N2O2.C13H18ClFO/c1-6-8-13-22(5)20-12-9-11-18(20)19(10-7-2)21(24)23-14-16(3)25-17(4)15-23;1-3-5-11(6-4-2)16-13-8-7-10(15)9-12(13)14/h10,16-17H,6-9,11-15H2,1-5H3;7-9,11H,3-6H2,1-2H3/b19-10-;. The van der Waals surface area contributed by atoms with Crippen molar-refractivity contribution in [1.29, 1.82) is 0 Å². The molecule has 5 nitrogen and oxygen atoms in total.